The van der Waals surface area contributed by atoms with Crippen LogP contribution in [0.3, 0.4) is 0 Å². The van der Waals surface area contributed by atoms with Crippen molar-refractivity contribution in [3.63, 3.8) is 0 Å². The quantitative estimate of drug-likeness (QED) is 0.229. The molecule has 1 atom stereocenters. The molecule has 0 fully saturated rings. The van der Waals surface area contributed by atoms with Crippen LogP contribution in [-0.4, -0.2) is 15.2 Å². The molecular weight excluding hydrogens is 416 g/mol. The lowest BCUT2D eigenvalue weighted by Crippen LogP contribution is -2.66. The molecule has 0 saturated heterocycles. The van der Waals surface area contributed by atoms with Gasteiger partial charge in [-0.1, -0.05) is 123 Å². The second-order valence-corrected chi connectivity index (χ2v) is 11.6. The maximum absolute atomic E-state index is 5.30. The number of hydrogen-bond donors (Lipinski definition) is 0. The highest BCUT2D eigenvalue weighted by Crippen LogP contribution is 2.24. The Bertz CT molecular complexity index is 1150. The fourth-order valence-electron chi connectivity index (χ4n) is 4.16. The smallest absolute Gasteiger partial charge is 0.230 e. The average molecular weight is 445 g/mol. The molecule has 162 valence electrons. The molecule has 1 unspecified atom stereocenters. The maximum atomic E-state index is 5.30. The van der Waals surface area contributed by atoms with Gasteiger partial charge in [-0.3, -0.25) is 0 Å². The maximum Gasteiger partial charge on any atom is 0.230 e. The van der Waals surface area contributed by atoms with Crippen molar-refractivity contribution in [3.05, 3.63) is 133 Å². The van der Waals surface area contributed by atoms with E-state index in [-0.39, 0.29) is 5.92 Å². The van der Waals surface area contributed by atoms with Crippen molar-refractivity contribution >= 4 is 23.6 Å². The highest BCUT2D eigenvalue weighted by atomic mass is 28.3. The zero-order valence-corrected chi connectivity index (χ0v) is 20.2. The second-order valence-electron chi connectivity index (χ2n) is 8.12. The summed E-state index contributed by atoms with van der Waals surface area (Å²) in [6, 6.07) is 40.3. The van der Waals surface area contributed by atoms with E-state index < -0.39 is 8.07 Å². The molecule has 33 heavy (non-hydrogen) atoms. The van der Waals surface area contributed by atoms with Crippen LogP contribution in [0, 0.1) is 11.5 Å². The molecule has 2 heteroatoms. The van der Waals surface area contributed by atoms with Crippen LogP contribution in [-0.2, 0) is 0 Å². The summed E-state index contributed by atoms with van der Waals surface area (Å²) < 4.78 is 5.30. The largest absolute Gasteiger partial charge is 0.497 e. The Kier molecular flexibility index (Phi) is 6.93. The van der Waals surface area contributed by atoms with E-state index in [1.165, 1.54) is 21.1 Å². The van der Waals surface area contributed by atoms with E-state index in [1.54, 1.807) is 7.11 Å². The summed E-state index contributed by atoms with van der Waals surface area (Å²) in [5, 5.41) is 3.83. The lowest BCUT2D eigenvalue weighted by atomic mass is 9.94. The van der Waals surface area contributed by atoms with Gasteiger partial charge in [0.1, 0.15) is 5.75 Å². The Balaban J connectivity index is 1.84. The number of rotatable bonds is 6. The molecule has 4 aromatic rings. The van der Waals surface area contributed by atoms with E-state index in [1.807, 2.05) is 12.1 Å². The number of methoxy groups -OCH3 is 1. The Morgan fingerprint density at radius 2 is 1.12 bits per heavy atom. The highest BCUT2D eigenvalue weighted by Gasteiger charge is 2.38. The molecule has 0 aromatic heterocycles. The Labute approximate surface area is 198 Å². The van der Waals surface area contributed by atoms with Gasteiger partial charge in [-0.05, 0) is 33.3 Å². The molecule has 0 spiro atoms. The first-order valence-electron chi connectivity index (χ1n) is 11.2. The van der Waals surface area contributed by atoms with Gasteiger partial charge >= 0.3 is 0 Å². The van der Waals surface area contributed by atoms with Gasteiger partial charge in [0.15, 0.2) is 0 Å². The Hall–Kier alpha value is -3.80. The third kappa shape index (κ3) is 4.70. The van der Waals surface area contributed by atoms with Crippen molar-refractivity contribution in [3.8, 4) is 17.2 Å². The normalized spacial score (nSPS) is 11.7. The van der Waals surface area contributed by atoms with Crippen LogP contribution in [0.4, 0.5) is 0 Å². The van der Waals surface area contributed by atoms with Crippen LogP contribution in [0.5, 0.6) is 5.75 Å². The first-order chi connectivity index (χ1) is 16.1. The zero-order valence-electron chi connectivity index (χ0n) is 19.2. The summed E-state index contributed by atoms with van der Waals surface area (Å²) in [4.78, 5) is 0. The molecule has 0 aliphatic rings. The Morgan fingerprint density at radius 3 is 1.52 bits per heavy atom. The molecule has 4 aromatic carbocycles. The minimum Gasteiger partial charge on any atom is -0.497 e. The number of allylic oxidation sites excluding steroid dienone is 1. The van der Waals surface area contributed by atoms with Gasteiger partial charge in [0.05, 0.1) is 7.11 Å². The summed E-state index contributed by atoms with van der Waals surface area (Å²) in [6.07, 6.45) is 0. The molecule has 0 saturated carbocycles. The van der Waals surface area contributed by atoms with E-state index in [4.69, 9.17) is 4.74 Å². The van der Waals surface area contributed by atoms with Gasteiger partial charge in [0, 0.05) is 11.5 Å². The monoisotopic (exact) mass is 444 g/mol. The second kappa shape index (κ2) is 10.2. The van der Waals surface area contributed by atoms with E-state index in [0.717, 1.165) is 11.3 Å². The van der Waals surface area contributed by atoms with Crippen molar-refractivity contribution in [2.45, 2.75) is 12.8 Å². The fourth-order valence-corrected chi connectivity index (χ4v) is 8.02. The van der Waals surface area contributed by atoms with E-state index in [0.29, 0.717) is 0 Å². The SMILES string of the molecule is C=C(C#C[Si](c1ccccc1)(c1ccccc1)c1ccccc1)C(C)c1ccc(OC)cc1. The van der Waals surface area contributed by atoms with Crippen molar-refractivity contribution in [1.29, 1.82) is 0 Å². The lowest BCUT2D eigenvalue weighted by Gasteiger charge is -2.28. The van der Waals surface area contributed by atoms with Crippen LogP contribution in [0.15, 0.2) is 127 Å². The molecule has 0 N–H and O–H groups in total. The lowest BCUT2D eigenvalue weighted by molar-refractivity contribution is 0.414. The van der Waals surface area contributed by atoms with Gasteiger partial charge in [-0.15, -0.1) is 5.54 Å². The van der Waals surface area contributed by atoms with Crippen LogP contribution < -0.4 is 20.3 Å². The summed E-state index contributed by atoms with van der Waals surface area (Å²) in [5.74, 6) is 4.51. The first kappa shape index (κ1) is 22.4. The third-order valence-corrected chi connectivity index (χ3v) is 10.3. The summed E-state index contributed by atoms with van der Waals surface area (Å²) in [5.41, 5.74) is 5.92. The van der Waals surface area contributed by atoms with Crippen molar-refractivity contribution in [2.24, 2.45) is 0 Å². The third-order valence-electron chi connectivity index (χ3n) is 6.17. The van der Waals surface area contributed by atoms with E-state index >= 15 is 0 Å². The topological polar surface area (TPSA) is 9.23 Å². The minimum absolute atomic E-state index is 0.123. The predicted molar refractivity (Wildman–Crippen MR) is 142 cm³/mol. The fraction of sp³-hybridized carbons (Fsp3) is 0.0968. The standard InChI is InChI=1S/C31H28OSi/c1-25(26(2)27-19-21-28(32-3)22-20-27)23-24-33(29-13-7-4-8-14-29,30-15-9-5-10-16-30)31-17-11-6-12-18-31/h4-22,26H,1H2,2-3H3. The molecular formula is C31H28OSi. The molecule has 4 rings (SSSR count). The molecule has 1 nitrogen and oxygen atoms in total. The van der Waals surface area contributed by atoms with Crippen LogP contribution in [0.25, 0.3) is 0 Å². The van der Waals surface area contributed by atoms with Crippen LogP contribution >= 0.6 is 0 Å². The van der Waals surface area contributed by atoms with Gasteiger partial charge in [-0.2, -0.15) is 0 Å². The van der Waals surface area contributed by atoms with Gasteiger partial charge < -0.3 is 4.74 Å². The predicted octanol–water partition coefficient (Wildman–Crippen LogP) is 5.07. The molecule has 0 heterocycles. The number of hydrogen-bond acceptors (Lipinski definition) is 1. The average Bonchev–Trinajstić information content (AvgIpc) is 2.90. The Morgan fingerprint density at radius 1 is 0.697 bits per heavy atom. The zero-order chi connectivity index (χ0) is 23.1. The highest BCUT2D eigenvalue weighted by molar-refractivity contribution is 7.16. The summed E-state index contributed by atoms with van der Waals surface area (Å²) in [7, 11) is -0.906. The molecule has 0 aliphatic carbocycles. The molecule has 0 radical (unpaired) electrons. The summed E-state index contributed by atoms with van der Waals surface area (Å²) in [6.45, 7) is 6.54. The molecule has 0 amide bonds. The van der Waals surface area contributed by atoms with Gasteiger partial charge in [-0.25, -0.2) is 0 Å². The first-order valence-corrected chi connectivity index (χ1v) is 13.2. The van der Waals surface area contributed by atoms with E-state index in [2.05, 4.69) is 128 Å². The van der Waals surface area contributed by atoms with Gasteiger partial charge in [0.2, 0.25) is 8.07 Å². The van der Waals surface area contributed by atoms with Crippen molar-refractivity contribution in [2.75, 3.05) is 7.11 Å². The molecule has 0 aliphatic heterocycles. The molecule has 0 bridgehead atoms. The minimum atomic E-state index is -2.59. The van der Waals surface area contributed by atoms with Crippen molar-refractivity contribution in [1.82, 2.24) is 0 Å². The van der Waals surface area contributed by atoms with E-state index in [9.17, 15) is 0 Å². The van der Waals surface area contributed by atoms with Gasteiger partial charge in [0.25, 0.3) is 0 Å². The van der Waals surface area contributed by atoms with Crippen LogP contribution in [0.2, 0.25) is 0 Å². The van der Waals surface area contributed by atoms with Crippen molar-refractivity contribution < 1.29 is 4.74 Å². The number of benzene rings is 4. The number of ether oxygens (including phenoxy) is 1. The summed E-state index contributed by atoms with van der Waals surface area (Å²) >= 11 is 0. The van der Waals surface area contributed by atoms with Crippen LogP contribution in [0.1, 0.15) is 18.4 Å².